The molecule has 1 aliphatic rings. The van der Waals surface area contributed by atoms with Crippen molar-refractivity contribution in [1.29, 1.82) is 0 Å². The summed E-state index contributed by atoms with van der Waals surface area (Å²) < 4.78 is 5.34. The van der Waals surface area contributed by atoms with Crippen LogP contribution < -0.4 is 10.1 Å². The molecule has 0 unspecified atom stereocenters. The van der Waals surface area contributed by atoms with E-state index in [1.54, 1.807) is 24.3 Å². The van der Waals surface area contributed by atoms with Crippen LogP contribution in [0.25, 0.3) is 0 Å². The Morgan fingerprint density at radius 1 is 1.24 bits per heavy atom. The third-order valence-corrected chi connectivity index (χ3v) is 3.86. The van der Waals surface area contributed by atoms with Gasteiger partial charge in [0.25, 0.3) is 5.91 Å². The minimum atomic E-state index is -0.871. The highest BCUT2D eigenvalue weighted by Crippen LogP contribution is 2.33. The predicted octanol–water partition coefficient (Wildman–Crippen LogP) is 2.60. The SMILES string of the molecule is CCOc1ccc(C(=O)NC2(CC(=O)O)CCCC2)cc1. The lowest BCUT2D eigenvalue weighted by molar-refractivity contribution is -0.138. The number of rotatable bonds is 6. The predicted molar refractivity (Wildman–Crippen MR) is 78.5 cm³/mol. The number of aliphatic carboxylic acids is 1. The number of hydrogen-bond donors (Lipinski definition) is 2. The van der Waals surface area contributed by atoms with Gasteiger partial charge in [-0.2, -0.15) is 0 Å². The maximum Gasteiger partial charge on any atom is 0.305 e. The number of nitrogens with one attached hydrogen (secondary N) is 1. The Kier molecular flexibility index (Phi) is 4.83. The Hall–Kier alpha value is -2.04. The van der Waals surface area contributed by atoms with Crippen molar-refractivity contribution in [2.75, 3.05) is 6.61 Å². The minimum absolute atomic E-state index is 0.0181. The molecule has 1 saturated carbocycles. The van der Waals surface area contributed by atoms with Gasteiger partial charge >= 0.3 is 5.97 Å². The van der Waals surface area contributed by atoms with Gasteiger partial charge in [-0.25, -0.2) is 0 Å². The summed E-state index contributed by atoms with van der Waals surface area (Å²) in [4.78, 5) is 23.3. The maximum atomic E-state index is 12.3. The van der Waals surface area contributed by atoms with E-state index in [1.807, 2.05) is 6.92 Å². The molecule has 2 N–H and O–H groups in total. The number of carboxylic acid groups (broad SMARTS) is 1. The number of ether oxygens (including phenoxy) is 1. The first-order valence-electron chi connectivity index (χ1n) is 7.32. The second kappa shape index (κ2) is 6.61. The zero-order chi connectivity index (χ0) is 15.3. The first-order chi connectivity index (χ1) is 10.0. The normalized spacial score (nSPS) is 16.4. The fourth-order valence-corrected chi connectivity index (χ4v) is 2.87. The van der Waals surface area contributed by atoms with Crippen LogP contribution in [0.3, 0.4) is 0 Å². The van der Waals surface area contributed by atoms with E-state index in [9.17, 15) is 9.59 Å². The first-order valence-corrected chi connectivity index (χ1v) is 7.32. The molecule has 1 aromatic rings. The van der Waals surface area contributed by atoms with Gasteiger partial charge in [-0.1, -0.05) is 12.8 Å². The van der Waals surface area contributed by atoms with Crippen LogP contribution in [0.1, 0.15) is 49.4 Å². The van der Waals surface area contributed by atoms with Crippen LogP contribution in [0.15, 0.2) is 24.3 Å². The van der Waals surface area contributed by atoms with Crippen LogP contribution >= 0.6 is 0 Å². The van der Waals surface area contributed by atoms with Crippen LogP contribution in [-0.2, 0) is 4.79 Å². The molecule has 1 fully saturated rings. The van der Waals surface area contributed by atoms with Crippen LogP contribution in [0.5, 0.6) is 5.75 Å². The zero-order valence-electron chi connectivity index (χ0n) is 12.2. The summed E-state index contributed by atoms with van der Waals surface area (Å²) in [5.41, 5.74) is -0.0725. The van der Waals surface area contributed by atoms with Crippen LogP contribution in [0.4, 0.5) is 0 Å². The smallest absolute Gasteiger partial charge is 0.305 e. The van der Waals surface area contributed by atoms with Crippen molar-refractivity contribution in [3.8, 4) is 5.75 Å². The van der Waals surface area contributed by atoms with E-state index >= 15 is 0 Å². The van der Waals surface area contributed by atoms with Gasteiger partial charge < -0.3 is 15.2 Å². The molecule has 0 aromatic heterocycles. The zero-order valence-corrected chi connectivity index (χ0v) is 12.2. The summed E-state index contributed by atoms with van der Waals surface area (Å²) in [6, 6.07) is 6.89. The Balaban J connectivity index is 2.06. The first kappa shape index (κ1) is 15.4. The lowest BCUT2D eigenvalue weighted by atomic mass is 9.92. The molecular weight excluding hydrogens is 270 g/mol. The monoisotopic (exact) mass is 291 g/mol. The van der Waals surface area contributed by atoms with Gasteiger partial charge in [0.05, 0.1) is 18.6 Å². The third-order valence-electron chi connectivity index (χ3n) is 3.86. The van der Waals surface area contributed by atoms with E-state index in [0.717, 1.165) is 31.4 Å². The molecule has 1 amide bonds. The summed E-state index contributed by atoms with van der Waals surface area (Å²) in [5, 5.41) is 12.0. The second-order valence-corrected chi connectivity index (χ2v) is 5.47. The number of carbonyl (C=O) groups is 2. The quantitative estimate of drug-likeness (QED) is 0.844. The van der Waals surface area contributed by atoms with Crippen molar-refractivity contribution >= 4 is 11.9 Å². The molecule has 0 bridgehead atoms. The average molecular weight is 291 g/mol. The van der Waals surface area contributed by atoms with Gasteiger partial charge in [0.15, 0.2) is 0 Å². The maximum absolute atomic E-state index is 12.3. The van der Waals surface area contributed by atoms with E-state index in [2.05, 4.69) is 5.32 Å². The van der Waals surface area contributed by atoms with E-state index in [0.29, 0.717) is 12.2 Å². The van der Waals surface area contributed by atoms with Crippen molar-refractivity contribution in [3.05, 3.63) is 29.8 Å². The Morgan fingerprint density at radius 2 is 1.86 bits per heavy atom. The topological polar surface area (TPSA) is 75.6 Å². The van der Waals surface area contributed by atoms with E-state index < -0.39 is 11.5 Å². The number of benzene rings is 1. The van der Waals surface area contributed by atoms with Crippen molar-refractivity contribution in [3.63, 3.8) is 0 Å². The van der Waals surface area contributed by atoms with Gasteiger partial charge in [-0.15, -0.1) is 0 Å². The summed E-state index contributed by atoms with van der Waals surface area (Å²) in [5.74, 6) is -0.375. The molecule has 5 nitrogen and oxygen atoms in total. The summed E-state index contributed by atoms with van der Waals surface area (Å²) >= 11 is 0. The lowest BCUT2D eigenvalue weighted by Gasteiger charge is -2.28. The molecule has 0 radical (unpaired) electrons. The highest BCUT2D eigenvalue weighted by molar-refractivity contribution is 5.95. The van der Waals surface area contributed by atoms with Gasteiger partial charge in [0.1, 0.15) is 5.75 Å². The summed E-state index contributed by atoms with van der Waals surface area (Å²) in [6.07, 6.45) is 3.34. The molecule has 0 heterocycles. The molecule has 0 saturated heterocycles. The molecular formula is C16H21NO4. The third kappa shape index (κ3) is 3.97. The largest absolute Gasteiger partial charge is 0.494 e. The van der Waals surface area contributed by atoms with Crippen LogP contribution in [0, 0.1) is 0 Å². The number of amides is 1. The van der Waals surface area contributed by atoms with Gasteiger partial charge in [-0.05, 0) is 44.0 Å². The standard InChI is InChI=1S/C16H21NO4/c1-2-21-13-7-5-12(6-8-13)15(20)17-16(11-14(18)19)9-3-4-10-16/h5-8H,2-4,9-11H2,1H3,(H,17,20)(H,18,19). The Labute approximate surface area is 124 Å². The number of carbonyl (C=O) groups excluding carboxylic acids is 1. The molecule has 1 aromatic carbocycles. The van der Waals surface area contributed by atoms with Crippen molar-refractivity contribution < 1.29 is 19.4 Å². The Morgan fingerprint density at radius 3 is 2.38 bits per heavy atom. The molecule has 114 valence electrons. The number of hydrogen-bond acceptors (Lipinski definition) is 3. The van der Waals surface area contributed by atoms with Crippen LogP contribution in [-0.4, -0.2) is 29.1 Å². The molecule has 1 aliphatic carbocycles. The molecule has 21 heavy (non-hydrogen) atoms. The molecule has 0 spiro atoms. The number of carboxylic acids is 1. The molecule has 0 aliphatic heterocycles. The Bertz CT molecular complexity index is 504. The minimum Gasteiger partial charge on any atom is -0.494 e. The molecule has 5 heteroatoms. The van der Waals surface area contributed by atoms with Crippen molar-refractivity contribution in [1.82, 2.24) is 5.32 Å². The average Bonchev–Trinajstić information content (AvgIpc) is 2.87. The summed E-state index contributed by atoms with van der Waals surface area (Å²) in [7, 11) is 0. The van der Waals surface area contributed by atoms with Crippen molar-refractivity contribution in [2.24, 2.45) is 0 Å². The van der Waals surface area contributed by atoms with E-state index in [4.69, 9.17) is 9.84 Å². The second-order valence-electron chi connectivity index (χ2n) is 5.47. The highest BCUT2D eigenvalue weighted by Gasteiger charge is 2.37. The highest BCUT2D eigenvalue weighted by atomic mass is 16.5. The van der Waals surface area contributed by atoms with Crippen molar-refractivity contribution in [2.45, 2.75) is 44.6 Å². The molecule has 2 rings (SSSR count). The van der Waals surface area contributed by atoms with E-state index in [-0.39, 0.29) is 12.3 Å². The summed E-state index contributed by atoms with van der Waals surface area (Å²) in [6.45, 7) is 2.48. The fourth-order valence-electron chi connectivity index (χ4n) is 2.87. The fraction of sp³-hybridized carbons (Fsp3) is 0.500. The van der Waals surface area contributed by atoms with Gasteiger partial charge in [0.2, 0.25) is 0 Å². The van der Waals surface area contributed by atoms with Gasteiger partial charge in [0, 0.05) is 5.56 Å². The van der Waals surface area contributed by atoms with E-state index in [1.165, 1.54) is 0 Å². The van der Waals surface area contributed by atoms with Crippen LogP contribution in [0.2, 0.25) is 0 Å². The molecule has 0 atom stereocenters. The van der Waals surface area contributed by atoms with Gasteiger partial charge in [-0.3, -0.25) is 9.59 Å². The lowest BCUT2D eigenvalue weighted by Crippen LogP contribution is -2.47.